The van der Waals surface area contributed by atoms with Gasteiger partial charge in [-0.1, -0.05) is 50.1 Å². The summed E-state index contributed by atoms with van der Waals surface area (Å²) in [5, 5.41) is 8.19. The second-order valence-corrected chi connectivity index (χ2v) is 7.39. The molecule has 0 bridgehead atoms. The van der Waals surface area contributed by atoms with Gasteiger partial charge in [0, 0.05) is 30.4 Å². The van der Waals surface area contributed by atoms with Gasteiger partial charge in [-0.15, -0.1) is 0 Å². The third-order valence-electron chi connectivity index (χ3n) is 4.59. The standard InChI is InChI=1S/C22H27ClN6/c1-4-5-6-12-29(16(2)26-19-14-25-28(3)15-19)22-20(24)10-11-21(27-22)17-8-7-9-18(23)13-17/h7-11,13-15,26H,2,4-6,12,24H2,1,3H3. The van der Waals surface area contributed by atoms with E-state index in [0.29, 0.717) is 22.3 Å². The summed E-state index contributed by atoms with van der Waals surface area (Å²) >= 11 is 6.16. The molecule has 1 aromatic carbocycles. The fourth-order valence-corrected chi connectivity index (χ4v) is 3.28. The first-order valence-electron chi connectivity index (χ1n) is 9.72. The molecular formula is C22H27ClN6. The van der Waals surface area contributed by atoms with Gasteiger partial charge in [0.15, 0.2) is 5.82 Å². The van der Waals surface area contributed by atoms with Gasteiger partial charge in [-0.25, -0.2) is 4.98 Å². The van der Waals surface area contributed by atoms with E-state index in [0.717, 1.165) is 42.8 Å². The number of halogens is 1. The van der Waals surface area contributed by atoms with Gasteiger partial charge in [-0.05, 0) is 30.7 Å². The fourth-order valence-electron chi connectivity index (χ4n) is 3.09. The van der Waals surface area contributed by atoms with Gasteiger partial charge < -0.3 is 16.0 Å². The van der Waals surface area contributed by atoms with Crippen molar-refractivity contribution in [3.05, 3.63) is 66.2 Å². The number of aromatic nitrogens is 3. The zero-order chi connectivity index (χ0) is 20.8. The normalized spacial score (nSPS) is 10.7. The Kier molecular flexibility index (Phi) is 6.77. The molecule has 0 saturated heterocycles. The van der Waals surface area contributed by atoms with Gasteiger partial charge in [0.25, 0.3) is 0 Å². The Bertz CT molecular complexity index is 981. The van der Waals surface area contributed by atoms with Crippen LogP contribution < -0.4 is 16.0 Å². The van der Waals surface area contributed by atoms with Gasteiger partial charge in [0.2, 0.25) is 0 Å². The number of hydrogen-bond acceptors (Lipinski definition) is 5. The van der Waals surface area contributed by atoms with Crippen LogP contribution in [0.1, 0.15) is 26.2 Å². The molecule has 3 rings (SSSR count). The van der Waals surface area contributed by atoms with E-state index >= 15 is 0 Å². The minimum atomic E-state index is 0.599. The molecule has 0 spiro atoms. The van der Waals surface area contributed by atoms with Crippen LogP contribution in [0.2, 0.25) is 5.02 Å². The van der Waals surface area contributed by atoms with E-state index < -0.39 is 0 Å². The average molecular weight is 411 g/mol. The van der Waals surface area contributed by atoms with Crippen molar-refractivity contribution < 1.29 is 0 Å². The Balaban J connectivity index is 1.93. The summed E-state index contributed by atoms with van der Waals surface area (Å²) in [5.74, 6) is 1.39. The number of unbranched alkanes of at least 4 members (excludes halogenated alkanes) is 2. The molecule has 0 radical (unpaired) electrons. The SMILES string of the molecule is C=C(Nc1cnn(C)c1)N(CCCCC)c1nc(-c2cccc(Cl)c2)ccc1N. The molecule has 0 aliphatic heterocycles. The quantitative estimate of drug-likeness (QED) is 0.468. The highest BCUT2D eigenvalue weighted by Gasteiger charge is 2.17. The Hall–Kier alpha value is -2.99. The smallest absolute Gasteiger partial charge is 0.158 e. The Morgan fingerprint density at radius 2 is 2.10 bits per heavy atom. The predicted octanol–water partition coefficient (Wildman–Crippen LogP) is 5.30. The first kappa shape index (κ1) is 20.7. The van der Waals surface area contributed by atoms with Crippen molar-refractivity contribution in [3.8, 4) is 11.3 Å². The van der Waals surface area contributed by atoms with Gasteiger partial charge in [-0.2, -0.15) is 5.10 Å². The molecule has 0 atom stereocenters. The number of hydrogen-bond donors (Lipinski definition) is 2. The topological polar surface area (TPSA) is 72.0 Å². The minimum Gasteiger partial charge on any atom is -0.396 e. The second kappa shape index (κ2) is 9.47. The van der Waals surface area contributed by atoms with E-state index in [1.807, 2.05) is 54.5 Å². The molecule has 0 amide bonds. The fraction of sp³-hybridized carbons (Fsp3) is 0.273. The Morgan fingerprint density at radius 1 is 1.28 bits per heavy atom. The monoisotopic (exact) mass is 410 g/mol. The molecule has 2 aromatic heterocycles. The molecule has 29 heavy (non-hydrogen) atoms. The first-order valence-corrected chi connectivity index (χ1v) is 10.1. The minimum absolute atomic E-state index is 0.599. The lowest BCUT2D eigenvalue weighted by Gasteiger charge is -2.27. The molecule has 6 nitrogen and oxygen atoms in total. The van der Waals surface area contributed by atoms with Crippen LogP contribution >= 0.6 is 11.6 Å². The van der Waals surface area contributed by atoms with E-state index in [4.69, 9.17) is 22.3 Å². The van der Waals surface area contributed by atoms with Crippen LogP contribution in [0.25, 0.3) is 11.3 Å². The van der Waals surface area contributed by atoms with Gasteiger partial charge in [-0.3, -0.25) is 4.68 Å². The number of nitrogens with one attached hydrogen (secondary N) is 1. The van der Waals surface area contributed by atoms with E-state index in [1.54, 1.807) is 10.9 Å². The molecule has 0 aliphatic carbocycles. The van der Waals surface area contributed by atoms with Crippen LogP contribution in [0, 0.1) is 0 Å². The number of nitrogen functional groups attached to an aromatic ring is 1. The number of nitrogens with zero attached hydrogens (tertiary/aromatic N) is 4. The molecule has 0 saturated carbocycles. The van der Waals surface area contributed by atoms with Gasteiger partial charge >= 0.3 is 0 Å². The van der Waals surface area contributed by atoms with Crippen molar-refractivity contribution in [2.45, 2.75) is 26.2 Å². The summed E-state index contributed by atoms with van der Waals surface area (Å²) in [4.78, 5) is 6.89. The van der Waals surface area contributed by atoms with E-state index in [9.17, 15) is 0 Å². The number of aryl methyl sites for hydroxylation is 1. The summed E-state index contributed by atoms with van der Waals surface area (Å²) in [5.41, 5.74) is 9.54. The molecule has 152 valence electrons. The number of anilines is 3. The Labute approximate surface area is 177 Å². The highest BCUT2D eigenvalue weighted by Crippen LogP contribution is 2.29. The lowest BCUT2D eigenvalue weighted by Crippen LogP contribution is -2.29. The van der Waals surface area contributed by atoms with Crippen molar-refractivity contribution in [1.29, 1.82) is 0 Å². The summed E-state index contributed by atoms with van der Waals surface area (Å²) < 4.78 is 1.74. The third-order valence-corrected chi connectivity index (χ3v) is 4.82. The lowest BCUT2D eigenvalue weighted by atomic mass is 10.1. The Morgan fingerprint density at radius 3 is 2.79 bits per heavy atom. The van der Waals surface area contributed by atoms with Crippen molar-refractivity contribution in [2.75, 3.05) is 22.5 Å². The van der Waals surface area contributed by atoms with Crippen molar-refractivity contribution in [1.82, 2.24) is 14.8 Å². The average Bonchev–Trinajstić information content (AvgIpc) is 3.10. The highest BCUT2D eigenvalue weighted by molar-refractivity contribution is 6.30. The van der Waals surface area contributed by atoms with Crippen molar-refractivity contribution >= 4 is 28.8 Å². The zero-order valence-corrected chi connectivity index (χ0v) is 17.7. The van der Waals surface area contributed by atoms with Crippen LogP contribution in [0.15, 0.2) is 61.2 Å². The van der Waals surface area contributed by atoms with Crippen molar-refractivity contribution in [2.24, 2.45) is 7.05 Å². The maximum Gasteiger partial charge on any atom is 0.158 e. The second-order valence-electron chi connectivity index (χ2n) is 6.95. The molecule has 7 heteroatoms. The first-order chi connectivity index (χ1) is 14.0. The molecule has 0 aliphatic rings. The number of rotatable bonds is 9. The summed E-state index contributed by atoms with van der Waals surface area (Å²) in [6, 6.07) is 11.4. The van der Waals surface area contributed by atoms with E-state index in [-0.39, 0.29) is 0 Å². The highest BCUT2D eigenvalue weighted by atomic mass is 35.5. The summed E-state index contributed by atoms with van der Waals surface area (Å²) in [7, 11) is 1.88. The molecular weight excluding hydrogens is 384 g/mol. The lowest BCUT2D eigenvalue weighted by molar-refractivity contribution is 0.703. The van der Waals surface area contributed by atoms with Crippen LogP contribution in [0.3, 0.4) is 0 Å². The van der Waals surface area contributed by atoms with Crippen LogP contribution in [-0.4, -0.2) is 21.3 Å². The van der Waals surface area contributed by atoms with Crippen LogP contribution in [0.5, 0.6) is 0 Å². The number of pyridine rings is 1. The molecule has 0 fully saturated rings. The largest absolute Gasteiger partial charge is 0.396 e. The van der Waals surface area contributed by atoms with Crippen LogP contribution in [-0.2, 0) is 7.05 Å². The molecule has 3 aromatic rings. The number of nitrogens with two attached hydrogens (primary N) is 1. The van der Waals surface area contributed by atoms with E-state index in [1.165, 1.54) is 0 Å². The van der Waals surface area contributed by atoms with Gasteiger partial charge in [0.1, 0.15) is 5.82 Å². The van der Waals surface area contributed by atoms with Crippen LogP contribution in [0.4, 0.5) is 17.2 Å². The van der Waals surface area contributed by atoms with Gasteiger partial charge in [0.05, 0.1) is 23.3 Å². The summed E-state index contributed by atoms with van der Waals surface area (Å²) in [6.07, 6.45) is 6.91. The third kappa shape index (κ3) is 5.29. The predicted molar refractivity (Wildman–Crippen MR) is 122 cm³/mol. The zero-order valence-electron chi connectivity index (χ0n) is 16.9. The number of benzene rings is 1. The maximum atomic E-state index is 6.32. The maximum absolute atomic E-state index is 6.32. The summed E-state index contributed by atoms with van der Waals surface area (Å²) in [6.45, 7) is 7.17. The molecule has 3 N–H and O–H groups in total. The van der Waals surface area contributed by atoms with E-state index in [2.05, 4.69) is 23.9 Å². The van der Waals surface area contributed by atoms with Crippen molar-refractivity contribution in [3.63, 3.8) is 0 Å². The molecule has 2 heterocycles. The molecule has 0 unspecified atom stereocenters.